The lowest BCUT2D eigenvalue weighted by Crippen LogP contribution is -2.34. The van der Waals surface area contributed by atoms with Crippen LogP contribution in [0.2, 0.25) is 0 Å². The number of Topliss-reactive ketones (excluding diaryl/α,β-unsaturated/α-hetero) is 1. The van der Waals surface area contributed by atoms with Gasteiger partial charge in [0.05, 0.1) is 49.4 Å². The number of thiol groups is 2. The average Bonchev–Trinajstić information content (AvgIpc) is 3.20. The van der Waals surface area contributed by atoms with Crippen molar-refractivity contribution in [1.29, 1.82) is 0 Å². The fraction of sp³-hybridized carbons (Fsp3) is 0.286. The molecule has 5 aromatic carbocycles. The maximum absolute atomic E-state index is 14.3. The molecule has 0 aliphatic heterocycles. The van der Waals surface area contributed by atoms with E-state index in [1.165, 1.54) is 40.4 Å². The molecular weight excluding hydrogens is 689 g/mol. The summed E-state index contributed by atoms with van der Waals surface area (Å²) in [6, 6.07) is -0.307. The van der Waals surface area contributed by atoms with Gasteiger partial charge in [-0.1, -0.05) is 11.6 Å². The third-order valence-corrected chi connectivity index (χ3v) is 10.0. The van der Waals surface area contributed by atoms with Crippen molar-refractivity contribution in [3.63, 3.8) is 0 Å². The SMILES string of the molecule is COc1c(O)c2c(=O)cc(OC)c3c4c(OC)cc(=O)c5c(NC(CS)C(=O)O)c(NC(CS)C(=O)O)c6c(c(c1C(C(C)=O)C(C)=C6)c23)c54. The summed E-state index contributed by atoms with van der Waals surface area (Å²) in [5.41, 5.74) is -0.341. The van der Waals surface area contributed by atoms with Crippen LogP contribution in [0.1, 0.15) is 30.9 Å². The molecule has 0 saturated carbocycles. The molecule has 3 unspecified atom stereocenters. The van der Waals surface area contributed by atoms with Crippen LogP contribution in [0.15, 0.2) is 27.3 Å². The highest BCUT2D eigenvalue weighted by Crippen LogP contribution is 2.58. The Bertz CT molecular complexity index is 2450. The van der Waals surface area contributed by atoms with Crippen molar-refractivity contribution in [1.82, 2.24) is 0 Å². The van der Waals surface area contributed by atoms with Gasteiger partial charge in [0, 0.05) is 61.7 Å². The number of benzene rings is 5. The number of carboxylic acid groups (broad SMARTS) is 2. The Morgan fingerprint density at radius 2 is 1.26 bits per heavy atom. The number of nitrogens with one attached hydrogen (secondary N) is 2. The second kappa shape index (κ2) is 12.6. The van der Waals surface area contributed by atoms with Crippen molar-refractivity contribution in [3.05, 3.63) is 49.3 Å². The smallest absolute Gasteiger partial charge is 0.326 e. The lowest BCUT2D eigenvalue weighted by Gasteiger charge is -2.28. The predicted octanol–water partition coefficient (Wildman–Crippen LogP) is 4.31. The van der Waals surface area contributed by atoms with Crippen LogP contribution >= 0.6 is 25.3 Å². The first-order valence-corrected chi connectivity index (χ1v) is 16.5. The molecule has 50 heavy (non-hydrogen) atoms. The minimum atomic E-state index is -1.35. The Morgan fingerprint density at radius 3 is 1.72 bits per heavy atom. The molecule has 0 fully saturated rings. The summed E-state index contributed by atoms with van der Waals surface area (Å²) in [6.07, 6.45) is 1.64. The zero-order valence-corrected chi connectivity index (χ0v) is 29.2. The molecule has 0 spiro atoms. The highest BCUT2D eigenvalue weighted by atomic mass is 32.1. The van der Waals surface area contributed by atoms with Crippen molar-refractivity contribution >= 4 is 104 Å². The van der Waals surface area contributed by atoms with Gasteiger partial charge in [-0.15, -0.1) is 0 Å². The van der Waals surface area contributed by atoms with Crippen molar-refractivity contribution in [2.45, 2.75) is 31.8 Å². The molecule has 5 N–H and O–H groups in total. The number of aliphatic carboxylic acids is 2. The average molecular weight is 721 g/mol. The minimum absolute atomic E-state index is 0.0265. The number of phenolic OH excluding ortho intramolecular Hbond substituents is 1. The standard InChI is InChI=1S/C35H32N2O11S2/c1-11-6-13-21-26-22(31(37-15(10-50)35(44)45)30(13)36-14(9-49)34(42)43)16(39)7-18(46-3)24(26)25-19(47-4)8-17(40)23-28(25)27(21)29(20(11)12(2)38)33(48-5)32(23)41/h6-8,14-15,20,36-37,41,49-50H,9-10H2,1-5H3,(H,42,43)(H,44,45). The number of hydrogen-bond acceptors (Lipinski definition) is 13. The Balaban J connectivity index is 2.11. The first kappa shape index (κ1) is 34.7. The summed E-state index contributed by atoms with van der Waals surface area (Å²) in [4.78, 5) is 66.6. The lowest BCUT2D eigenvalue weighted by molar-refractivity contribution is -0.138. The molecule has 0 saturated heterocycles. The number of carbonyl (C=O) groups is 3. The number of carboxylic acids is 2. The van der Waals surface area contributed by atoms with Crippen LogP contribution in [0, 0.1) is 0 Å². The monoisotopic (exact) mass is 720 g/mol. The molecule has 0 amide bonds. The number of methoxy groups -OCH3 is 3. The van der Waals surface area contributed by atoms with Crippen LogP contribution < -0.4 is 35.7 Å². The number of anilines is 2. The van der Waals surface area contributed by atoms with Gasteiger partial charge in [0.25, 0.3) is 0 Å². The molecule has 1 aliphatic carbocycles. The number of ether oxygens (including phenoxy) is 3. The van der Waals surface area contributed by atoms with Gasteiger partial charge < -0.3 is 40.2 Å². The molecule has 260 valence electrons. The third-order valence-electron chi connectivity index (χ3n) is 9.28. The second-order valence-electron chi connectivity index (χ2n) is 12.0. The Hall–Kier alpha value is -5.15. The topological polar surface area (TPSA) is 198 Å². The van der Waals surface area contributed by atoms with Crippen molar-refractivity contribution in [3.8, 4) is 23.0 Å². The number of phenols is 1. The Morgan fingerprint density at radius 1 is 0.760 bits per heavy atom. The largest absolute Gasteiger partial charge is 0.504 e. The normalized spacial score (nSPS) is 15.3. The Kier molecular flexibility index (Phi) is 8.76. The summed E-state index contributed by atoms with van der Waals surface area (Å²) < 4.78 is 17.3. The molecule has 0 heterocycles. The number of hydrogen-bond donors (Lipinski definition) is 7. The molecule has 1 aliphatic rings. The first-order chi connectivity index (χ1) is 23.8. The maximum atomic E-state index is 14.3. The fourth-order valence-electron chi connectivity index (χ4n) is 7.30. The van der Waals surface area contributed by atoms with E-state index in [0.29, 0.717) is 11.0 Å². The molecule has 6 rings (SSSR count). The van der Waals surface area contributed by atoms with Crippen molar-refractivity contribution < 1.29 is 43.9 Å². The van der Waals surface area contributed by atoms with Gasteiger partial charge in [0.15, 0.2) is 22.4 Å². The number of aromatic hydroxyl groups is 1. The van der Waals surface area contributed by atoms with E-state index in [-0.39, 0.29) is 94.7 Å². The number of fused-ring (bicyclic) bond motifs is 1. The van der Waals surface area contributed by atoms with Crippen LogP contribution in [0.5, 0.6) is 23.0 Å². The molecule has 0 bridgehead atoms. The maximum Gasteiger partial charge on any atom is 0.326 e. The first-order valence-electron chi connectivity index (χ1n) is 15.2. The summed E-state index contributed by atoms with van der Waals surface area (Å²) in [7, 11) is 3.99. The van der Waals surface area contributed by atoms with Gasteiger partial charge in [-0.2, -0.15) is 25.3 Å². The molecular formula is C35H32N2O11S2. The number of rotatable bonds is 12. The lowest BCUT2D eigenvalue weighted by atomic mass is 9.80. The quantitative estimate of drug-likeness (QED) is 0.0548. The summed E-state index contributed by atoms with van der Waals surface area (Å²) >= 11 is 8.46. The van der Waals surface area contributed by atoms with E-state index in [2.05, 4.69) is 35.9 Å². The highest BCUT2D eigenvalue weighted by Gasteiger charge is 2.38. The summed E-state index contributed by atoms with van der Waals surface area (Å²) in [5, 5.41) is 39.2. The van der Waals surface area contributed by atoms with Gasteiger partial charge in [-0.25, -0.2) is 9.59 Å². The van der Waals surface area contributed by atoms with Crippen LogP contribution in [-0.2, 0) is 14.4 Å². The van der Waals surface area contributed by atoms with E-state index >= 15 is 0 Å². The zero-order valence-electron chi connectivity index (χ0n) is 27.4. The predicted molar refractivity (Wildman–Crippen MR) is 198 cm³/mol. The highest BCUT2D eigenvalue weighted by molar-refractivity contribution is 7.80. The summed E-state index contributed by atoms with van der Waals surface area (Å²) in [5.74, 6) is -4.92. The van der Waals surface area contributed by atoms with Gasteiger partial charge >= 0.3 is 11.9 Å². The number of ketones is 1. The van der Waals surface area contributed by atoms with E-state index in [4.69, 9.17) is 14.2 Å². The van der Waals surface area contributed by atoms with E-state index in [1.807, 2.05) is 0 Å². The second-order valence-corrected chi connectivity index (χ2v) is 12.7. The Labute approximate surface area is 294 Å². The van der Waals surface area contributed by atoms with Crippen LogP contribution in [-0.4, -0.2) is 78.0 Å². The van der Waals surface area contributed by atoms with Gasteiger partial charge in [-0.3, -0.25) is 14.4 Å². The zero-order chi connectivity index (χ0) is 36.5. The van der Waals surface area contributed by atoms with Gasteiger partial charge in [0.2, 0.25) is 0 Å². The van der Waals surface area contributed by atoms with Crippen LogP contribution in [0.3, 0.4) is 0 Å². The van der Waals surface area contributed by atoms with E-state index in [0.717, 1.165) is 0 Å². The third kappa shape index (κ3) is 4.81. The van der Waals surface area contributed by atoms with Crippen molar-refractivity contribution in [2.24, 2.45) is 0 Å². The molecule has 3 atom stereocenters. The molecule has 0 radical (unpaired) electrons. The number of allylic oxidation sites excluding steroid dienone is 1. The fourth-order valence-corrected chi connectivity index (χ4v) is 7.80. The van der Waals surface area contributed by atoms with E-state index in [1.54, 1.807) is 13.0 Å². The van der Waals surface area contributed by atoms with Crippen LogP contribution in [0.25, 0.3) is 49.2 Å². The van der Waals surface area contributed by atoms with E-state index < -0.39 is 46.5 Å². The van der Waals surface area contributed by atoms with Crippen LogP contribution in [0.4, 0.5) is 11.4 Å². The van der Waals surface area contributed by atoms with Crippen molar-refractivity contribution in [2.75, 3.05) is 43.5 Å². The summed E-state index contributed by atoms with van der Waals surface area (Å²) in [6.45, 7) is 3.03. The van der Waals surface area contributed by atoms with Gasteiger partial charge in [0.1, 0.15) is 29.4 Å². The molecule has 0 aromatic heterocycles. The molecule has 13 nitrogen and oxygen atoms in total. The van der Waals surface area contributed by atoms with Gasteiger partial charge in [-0.05, 0) is 19.2 Å². The van der Waals surface area contributed by atoms with E-state index in [9.17, 15) is 39.3 Å². The number of carbonyl (C=O) groups excluding carboxylic acids is 1. The molecule has 5 aromatic rings. The molecule has 15 heteroatoms. The minimum Gasteiger partial charge on any atom is -0.504 e.